The van der Waals surface area contributed by atoms with E-state index < -0.39 is 7.14 Å². The van der Waals surface area contributed by atoms with Crippen molar-refractivity contribution >= 4 is 29.3 Å². The molecule has 5 rings (SSSR count). The van der Waals surface area contributed by atoms with Gasteiger partial charge in [-0.05, 0) is 37.1 Å². The Morgan fingerprint density at radius 3 is 2.66 bits per heavy atom. The lowest BCUT2D eigenvalue weighted by atomic mass is 10.2. The topological polar surface area (TPSA) is 78.0 Å². The number of pyridine rings is 1. The molecule has 0 aliphatic carbocycles. The van der Waals surface area contributed by atoms with Gasteiger partial charge in [0.25, 0.3) is 0 Å². The summed E-state index contributed by atoms with van der Waals surface area (Å²) in [6.07, 6.45) is 5.79. The van der Waals surface area contributed by atoms with Crippen LogP contribution in [0.25, 0.3) is 28.1 Å². The van der Waals surface area contributed by atoms with Gasteiger partial charge in [0.05, 0.1) is 18.4 Å². The summed E-state index contributed by atoms with van der Waals surface area (Å²) >= 11 is 0. The predicted octanol–water partition coefficient (Wildman–Crippen LogP) is 3.44. The van der Waals surface area contributed by atoms with E-state index in [1.165, 1.54) is 0 Å². The van der Waals surface area contributed by atoms with Gasteiger partial charge in [-0.15, -0.1) is 5.10 Å². The lowest BCUT2D eigenvalue weighted by Gasteiger charge is -2.08. The first kappa shape index (κ1) is 17.8. The van der Waals surface area contributed by atoms with Gasteiger partial charge in [-0.25, -0.2) is 14.6 Å². The molecule has 4 aromatic heterocycles. The van der Waals surface area contributed by atoms with Crippen LogP contribution in [-0.2, 0) is 11.1 Å². The molecule has 0 fully saturated rings. The van der Waals surface area contributed by atoms with Crippen molar-refractivity contribution in [1.29, 1.82) is 0 Å². The summed E-state index contributed by atoms with van der Waals surface area (Å²) in [5.74, 6) is 0. The van der Waals surface area contributed by atoms with Gasteiger partial charge in [-0.3, -0.25) is 0 Å². The first-order valence-corrected chi connectivity index (χ1v) is 11.9. The number of aromatic nitrogens is 6. The standard InChI is InChI=1S/C21H19N6OP/c1-29(2,28)18-9-6-16(7-10-18)19-12-22-20-21(23-19)27(25-24-20)14-15-5-8-17-4-3-11-26(17)13-15/h3-13H,14H2,1-2H3. The van der Waals surface area contributed by atoms with Crippen molar-refractivity contribution in [2.24, 2.45) is 0 Å². The van der Waals surface area contributed by atoms with Crippen LogP contribution in [0.4, 0.5) is 0 Å². The Hall–Kier alpha value is -3.31. The molecule has 0 aliphatic heterocycles. The molecular formula is C21H19N6OP. The molecule has 0 saturated heterocycles. The molecule has 0 bridgehead atoms. The average molecular weight is 402 g/mol. The molecule has 0 atom stereocenters. The van der Waals surface area contributed by atoms with Crippen LogP contribution in [0, 0.1) is 0 Å². The van der Waals surface area contributed by atoms with Gasteiger partial charge in [0.15, 0.2) is 5.65 Å². The zero-order valence-electron chi connectivity index (χ0n) is 16.1. The summed E-state index contributed by atoms with van der Waals surface area (Å²) in [6.45, 7) is 4.09. The van der Waals surface area contributed by atoms with Gasteiger partial charge in [-0.2, -0.15) is 0 Å². The molecule has 144 valence electrons. The molecule has 4 heterocycles. The first-order chi connectivity index (χ1) is 14.0. The van der Waals surface area contributed by atoms with Crippen molar-refractivity contribution in [2.45, 2.75) is 6.54 Å². The molecule has 0 spiro atoms. The maximum absolute atomic E-state index is 12.2. The third-order valence-electron chi connectivity index (χ3n) is 4.93. The summed E-state index contributed by atoms with van der Waals surface area (Å²) in [5, 5.41) is 9.23. The molecule has 5 aromatic rings. The molecule has 0 N–H and O–H groups in total. The number of hydrogen-bond donors (Lipinski definition) is 0. The first-order valence-electron chi connectivity index (χ1n) is 9.25. The van der Waals surface area contributed by atoms with Gasteiger partial charge in [0.1, 0.15) is 7.14 Å². The molecule has 7 nitrogen and oxygen atoms in total. The second kappa shape index (κ2) is 6.64. The summed E-state index contributed by atoms with van der Waals surface area (Å²) in [6, 6.07) is 15.9. The Morgan fingerprint density at radius 2 is 1.86 bits per heavy atom. The highest BCUT2D eigenvalue weighted by Gasteiger charge is 2.13. The van der Waals surface area contributed by atoms with Crippen molar-refractivity contribution < 1.29 is 4.57 Å². The van der Waals surface area contributed by atoms with Crippen LogP contribution < -0.4 is 5.30 Å². The van der Waals surface area contributed by atoms with Crippen molar-refractivity contribution in [3.63, 3.8) is 0 Å². The van der Waals surface area contributed by atoms with Crippen molar-refractivity contribution in [2.75, 3.05) is 13.3 Å². The quantitative estimate of drug-likeness (QED) is 0.431. The maximum Gasteiger partial charge on any atom is 0.221 e. The molecule has 29 heavy (non-hydrogen) atoms. The van der Waals surface area contributed by atoms with Gasteiger partial charge >= 0.3 is 0 Å². The van der Waals surface area contributed by atoms with Crippen LogP contribution in [-0.4, -0.2) is 42.7 Å². The summed E-state index contributed by atoms with van der Waals surface area (Å²) < 4.78 is 16.1. The molecule has 0 aliphatic rings. The summed E-state index contributed by atoms with van der Waals surface area (Å²) in [5.41, 5.74) is 5.04. The Kier molecular flexibility index (Phi) is 4.07. The molecule has 0 amide bonds. The number of nitrogens with zero attached hydrogens (tertiary/aromatic N) is 6. The molecular weight excluding hydrogens is 383 g/mol. The smallest absolute Gasteiger partial charge is 0.221 e. The van der Waals surface area contributed by atoms with Crippen LogP contribution in [0.3, 0.4) is 0 Å². The number of hydrogen-bond acceptors (Lipinski definition) is 5. The van der Waals surface area contributed by atoms with E-state index in [1.807, 2.05) is 36.5 Å². The van der Waals surface area contributed by atoms with Crippen molar-refractivity contribution in [1.82, 2.24) is 29.4 Å². The zero-order chi connectivity index (χ0) is 20.0. The largest absolute Gasteiger partial charge is 0.324 e. The normalized spacial score (nSPS) is 12.1. The van der Waals surface area contributed by atoms with E-state index in [0.717, 1.165) is 27.6 Å². The zero-order valence-corrected chi connectivity index (χ0v) is 17.0. The second-order valence-electron chi connectivity index (χ2n) is 7.42. The highest BCUT2D eigenvalue weighted by atomic mass is 31.2. The van der Waals surface area contributed by atoms with E-state index in [9.17, 15) is 4.57 Å². The third-order valence-corrected chi connectivity index (χ3v) is 6.47. The molecule has 0 radical (unpaired) electrons. The molecule has 1 aromatic carbocycles. The fourth-order valence-electron chi connectivity index (χ4n) is 3.34. The van der Waals surface area contributed by atoms with E-state index in [0.29, 0.717) is 17.8 Å². The molecule has 8 heteroatoms. The van der Waals surface area contributed by atoms with Crippen LogP contribution in [0.15, 0.2) is 67.1 Å². The summed E-state index contributed by atoms with van der Waals surface area (Å²) in [4.78, 5) is 9.16. The second-order valence-corrected chi connectivity index (χ2v) is 10.6. The number of benzene rings is 1. The molecule has 0 saturated carbocycles. The Morgan fingerprint density at radius 1 is 1.03 bits per heavy atom. The van der Waals surface area contributed by atoms with E-state index in [2.05, 4.69) is 44.1 Å². The lowest BCUT2D eigenvalue weighted by molar-refractivity contribution is 0.588. The van der Waals surface area contributed by atoms with Gasteiger partial charge < -0.3 is 8.97 Å². The minimum atomic E-state index is -2.28. The maximum atomic E-state index is 12.2. The van der Waals surface area contributed by atoms with Gasteiger partial charge in [-0.1, -0.05) is 35.5 Å². The summed E-state index contributed by atoms with van der Waals surface area (Å²) in [7, 11) is -2.28. The van der Waals surface area contributed by atoms with E-state index in [-0.39, 0.29) is 0 Å². The Labute approximate surface area is 167 Å². The fraction of sp³-hybridized carbons (Fsp3) is 0.143. The number of fused-ring (bicyclic) bond motifs is 2. The van der Waals surface area contributed by atoms with Crippen molar-refractivity contribution in [3.8, 4) is 11.3 Å². The monoisotopic (exact) mass is 402 g/mol. The minimum absolute atomic E-state index is 0.513. The SMILES string of the molecule is CP(C)(=O)c1ccc(-c2cnc3nnn(Cc4ccc5cccn5c4)c3n2)cc1. The predicted molar refractivity (Wildman–Crippen MR) is 114 cm³/mol. The Balaban J connectivity index is 1.50. The Bertz CT molecular complexity index is 1380. The average Bonchev–Trinajstić information content (AvgIpc) is 3.34. The van der Waals surface area contributed by atoms with Crippen molar-refractivity contribution in [3.05, 3.63) is 72.7 Å². The minimum Gasteiger partial charge on any atom is -0.324 e. The fourth-order valence-corrected chi connectivity index (χ4v) is 4.21. The molecule has 0 unspecified atom stereocenters. The van der Waals surface area contributed by atoms with Gasteiger partial charge in [0.2, 0.25) is 5.65 Å². The van der Waals surface area contributed by atoms with Gasteiger partial charge in [0, 0.05) is 28.8 Å². The van der Waals surface area contributed by atoms with Crippen LogP contribution in [0.2, 0.25) is 0 Å². The number of rotatable bonds is 4. The highest BCUT2D eigenvalue weighted by Crippen LogP contribution is 2.34. The lowest BCUT2D eigenvalue weighted by Crippen LogP contribution is -2.05. The van der Waals surface area contributed by atoms with Crippen LogP contribution >= 0.6 is 7.14 Å². The van der Waals surface area contributed by atoms with E-state index >= 15 is 0 Å². The van der Waals surface area contributed by atoms with Crippen LogP contribution in [0.5, 0.6) is 0 Å². The van der Waals surface area contributed by atoms with E-state index in [1.54, 1.807) is 24.2 Å². The third kappa shape index (κ3) is 3.34. The van der Waals surface area contributed by atoms with Crippen LogP contribution in [0.1, 0.15) is 5.56 Å². The van der Waals surface area contributed by atoms with E-state index in [4.69, 9.17) is 4.98 Å². The highest BCUT2D eigenvalue weighted by molar-refractivity contribution is 7.70.